The third kappa shape index (κ3) is 5.52. The molecule has 1 aromatic rings. The minimum absolute atomic E-state index is 0.0892. The van der Waals surface area contributed by atoms with Gasteiger partial charge in [-0.3, -0.25) is 9.59 Å². The monoisotopic (exact) mass is 536 g/mol. The van der Waals surface area contributed by atoms with Gasteiger partial charge in [-0.05, 0) is 24.3 Å². The summed E-state index contributed by atoms with van der Waals surface area (Å²) in [6.07, 6.45) is -6.90. The first-order valence-electron chi connectivity index (χ1n) is 11.1. The molecule has 38 heavy (non-hydrogen) atoms. The second-order valence-electron chi connectivity index (χ2n) is 8.54. The van der Waals surface area contributed by atoms with Crippen molar-refractivity contribution in [2.75, 3.05) is 6.61 Å². The zero-order valence-corrected chi connectivity index (χ0v) is 19.4. The van der Waals surface area contributed by atoms with Gasteiger partial charge in [0.1, 0.15) is 55.1 Å². The Kier molecular flexibility index (Phi) is 7.50. The smallest absolute Gasteiger partial charge is 0.317 e. The van der Waals surface area contributed by atoms with Gasteiger partial charge >= 0.3 is 11.9 Å². The fourth-order valence-corrected chi connectivity index (χ4v) is 3.90. The van der Waals surface area contributed by atoms with Crippen molar-refractivity contribution >= 4 is 17.7 Å². The maximum atomic E-state index is 11.6. The minimum atomic E-state index is -1.84. The van der Waals surface area contributed by atoms with Crippen molar-refractivity contribution in [3.8, 4) is 11.5 Å². The van der Waals surface area contributed by atoms with Gasteiger partial charge in [0.05, 0.1) is 0 Å². The molecular weight excluding hydrogens is 512 g/mol. The molecule has 204 valence electrons. The number of phenolic OH excluding ortho intramolecular Hbond substituents is 2. The summed E-state index contributed by atoms with van der Waals surface area (Å²) >= 11 is 0. The number of phenols is 2. The first-order chi connectivity index (χ1) is 17.9. The molecule has 1 saturated heterocycles. The van der Waals surface area contributed by atoms with Crippen LogP contribution in [-0.4, -0.2) is 96.2 Å². The van der Waals surface area contributed by atoms with E-state index in [2.05, 4.69) is 0 Å². The van der Waals surface area contributed by atoms with Crippen molar-refractivity contribution < 1.29 is 69.4 Å². The van der Waals surface area contributed by atoms with Crippen molar-refractivity contribution in [1.82, 2.24) is 0 Å². The van der Waals surface area contributed by atoms with Gasteiger partial charge in [-0.15, -0.1) is 0 Å². The van der Waals surface area contributed by atoms with Gasteiger partial charge < -0.3 is 59.8 Å². The van der Waals surface area contributed by atoms with E-state index < -0.39 is 73.3 Å². The molecule has 1 fully saturated rings. The van der Waals surface area contributed by atoms with Crippen molar-refractivity contribution in [2.45, 2.75) is 43.2 Å². The molecule has 14 heteroatoms. The quantitative estimate of drug-likeness (QED) is 0.128. The number of aliphatic carboxylic acids is 1. The highest BCUT2D eigenvalue weighted by atomic mass is 16.7. The molecule has 0 bridgehead atoms. The van der Waals surface area contributed by atoms with Crippen LogP contribution >= 0.6 is 0 Å². The molecule has 1 unspecified atom stereocenters. The molecule has 0 aromatic heterocycles. The van der Waals surface area contributed by atoms with Gasteiger partial charge in [-0.2, -0.15) is 0 Å². The molecular formula is C24H24O14. The van der Waals surface area contributed by atoms with Crippen LogP contribution in [0.4, 0.5) is 0 Å². The Morgan fingerprint density at radius 1 is 0.947 bits per heavy atom. The third-order valence-corrected chi connectivity index (χ3v) is 5.82. The predicted molar refractivity (Wildman–Crippen MR) is 122 cm³/mol. The Balaban J connectivity index is 1.65. The maximum absolute atomic E-state index is 11.6. The number of allylic oxidation sites excluding steroid dienone is 2. The number of esters is 1. The van der Waals surface area contributed by atoms with Gasteiger partial charge in [0, 0.05) is 23.3 Å². The third-order valence-electron chi connectivity index (χ3n) is 5.82. The molecule has 0 radical (unpaired) electrons. The molecule has 2 heterocycles. The second-order valence-corrected chi connectivity index (χ2v) is 8.54. The van der Waals surface area contributed by atoms with Gasteiger partial charge in [0.15, 0.2) is 23.0 Å². The van der Waals surface area contributed by atoms with Gasteiger partial charge in [0.25, 0.3) is 0 Å². The van der Waals surface area contributed by atoms with E-state index >= 15 is 0 Å². The highest BCUT2D eigenvalue weighted by Gasteiger charge is 2.46. The average Bonchev–Trinajstić information content (AvgIpc) is 2.84. The Hall–Kier alpha value is -4.24. The van der Waals surface area contributed by atoms with Crippen molar-refractivity contribution in [3.63, 3.8) is 0 Å². The van der Waals surface area contributed by atoms with Crippen LogP contribution in [-0.2, 0) is 28.5 Å². The molecule has 6 atom stereocenters. The number of ether oxygens (including phenoxy) is 4. The van der Waals surface area contributed by atoms with Crippen LogP contribution < -0.4 is 0 Å². The number of hydrogen-bond acceptors (Lipinski definition) is 13. The number of aliphatic hydroxyl groups is 5. The Labute approximate surface area is 213 Å². The van der Waals surface area contributed by atoms with Crippen LogP contribution in [0.2, 0.25) is 0 Å². The number of carbonyl (C=O) groups excluding carboxylic acids is 1. The lowest BCUT2D eigenvalue weighted by Gasteiger charge is -2.40. The van der Waals surface area contributed by atoms with Crippen LogP contribution in [0.15, 0.2) is 59.3 Å². The van der Waals surface area contributed by atoms with Crippen molar-refractivity contribution in [2.24, 2.45) is 0 Å². The highest BCUT2D eigenvalue weighted by molar-refractivity contribution is 5.90. The molecule has 0 saturated carbocycles. The number of carbonyl (C=O) groups is 2. The first-order valence-corrected chi connectivity index (χ1v) is 11.1. The number of rotatable bonds is 7. The lowest BCUT2D eigenvalue weighted by molar-refractivity contribution is -0.291. The number of aliphatic hydroxyl groups excluding tert-OH is 5. The Morgan fingerprint density at radius 2 is 1.68 bits per heavy atom. The number of hydrogen-bond donors (Lipinski definition) is 8. The molecule has 1 aromatic carbocycles. The van der Waals surface area contributed by atoms with Crippen LogP contribution in [0.3, 0.4) is 0 Å². The number of aromatic hydroxyl groups is 2. The Morgan fingerprint density at radius 3 is 2.37 bits per heavy atom. The van der Waals surface area contributed by atoms with Gasteiger partial charge in [0.2, 0.25) is 6.29 Å². The molecule has 0 spiro atoms. The number of carboxylic acids is 1. The summed E-state index contributed by atoms with van der Waals surface area (Å²) < 4.78 is 21.9. The topological polar surface area (TPSA) is 233 Å². The summed E-state index contributed by atoms with van der Waals surface area (Å²) in [6.45, 7) is -0.679. The number of benzene rings is 1. The van der Waals surface area contributed by atoms with Crippen LogP contribution in [0.1, 0.15) is 12.0 Å². The SMILES string of the molecule is O=C(O)CC(=O)OC[C@H]1O[C@@H](OC2=C(c3ccc(O)c(O)c3)OC3C=C(O)C=C(O)C3=C2)[C@H](O)[C@@H](O)[C@@H]1O. The summed E-state index contributed by atoms with van der Waals surface area (Å²) in [5.41, 5.74) is 0.298. The zero-order chi connectivity index (χ0) is 27.7. The van der Waals surface area contributed by atoms with Crippen LogP contribution in [0, 0.1) is 0 Å². The lowest BCUT2D eigenvalue weighted by Crippen LogP contribution is -2.59. The standard InChI is InChI=1S/C24H24O14/c25-10-4-13(27)11-6-16(23(36-15(11)5-10)9-1-2-12(26)14(28)3-9)37-24-22(34)21(33)20(32)17(38-24)8-35-19(31)7-18(29)30/h1-6,15,17,20-22,24-28,32-34H,7-8H2,(H,29,30)/t15?,17-,20-,21+,22-,24-/m1/s1. The van der Waals surface area contributed by atoms with Gasteiger partial charge in [-0.1, -0.05) is 0 Å². The second kappa shape index (κ2) is 10.6. The summed E-state index contributed by atoms with van der Waals surface area (Å²) in [5.74, 6) is -4.44. The molecule has 2 aliphatic heterocycles. The fraction of sp³-hybridized carbons (Fsp3) is 0.333. The van der Waals surface area contributed by atoms with Crippen LogP contribution in [0.5, 0.6) is 11.5 Å². The number of fused-ring (bicyclic) bond motifs is 1. The maximum Gasteiger partial charge on any atom is 0.317 e. The largest absolute Gasteiger partial charge is 0.508 e. The first kappa shape index (κ1) is 26.8. The average molecular weight is 536 g/mol. The highest BCUT2D eigenvalue weighted by Crippen LogP contribution is 2.39. The number of carboxylic acid groups (broad SMARTS) is 1. The summed E-state index contributed by atoms with van der Waals surface area (Å²) in [4.78, 5) is 22.2. The normalized spacial score (nSPS) is 28.8. The summed E-state index contributed by atoms with van der Waals surface area (Å²) in [7, 11) is 0. The lowest BCUT2D eigenvalue weighted by atomic mass is 9.96. The summed E-state index contributed by atoms with van der Waals surface area (Å²) in [5, 5.41) is 79.6. The molecule has 4 rings (SSSR count). The fourth-order valence-electron chi connectivity index (χ4n) is 3.90. The van der Waals surface area contributed by atoms with E-state index in [4.69, 9.17) is 24.1 Å². The predicted octanol–water partition coefficient (Wildman–Crippen LogP) is -0.169. The molecule has 1 aliphatic carbocycles. The van der Waals surface area contributed by atoms with E-state index in [0.717, 1.165) is 18.2 Å². The minimum Gasteiger partial charge on any atom is -0.508 e. The van der Waals surface area contributed by atoms with E-state index in [0.29, 0.717) is 0 Å². The molecule has 14 nitrogen and oxygen atoms in total. The van der Waals surface area contributed by atoms with E-state index in [1.54, 1.807) is 0 Å². The van der Waals surface area contributed by atoms with Crippen LogP contribution in [0.25, 0.3) is 5.76 Å². The zero-order valence-electron chi connectivity index (χ0n) is 19.4. The summed E-state index contributed by atoms with van der Waals surface area (Å²) in [6, 6.07) is 3.66. The van der Waals surface area contributed by atoms with Crippen molar-refractivity contribution in [1.29, 1.82) is 0 Å². The van der Waals surface area contributed by atoms with Gasteiger partial charge in [-0.25, -0.2) is 0 Å². The van der Waals surface area contributed by atoms with Crippen molar-refractivity contribution in [3.05, 3.63) is 64.8 Å². The van der Waals surface area contributed by atoms with E-state index in [1.165, 1.54) is 18.2 Å². The molecule has 0 amide bonds. The van der Waals surface area contributed by atoms with E-state index in [1.807, 2.05) is 0 Å². The van der Waals surface area contributed by atoms with E-state index in [-0.39, 0.29) is 34.2 Å². The Bertz CT molecular complexity index is 1240. The van der Waals surface area contributed by atoms with E-state index in [9.17, 15) is 45.3 Å². The molecule has 8 N–H and O–H groups in total. The molecule has 3 aliphatic rings.